The molecule has 118 valence electrons. The van der Waals surface area contributed by atoms with Gasteiger partial charge >= 0.3 is 5.69 Å². The summed E-state index contributed by atoms with van der Waals surface area (Å²) in [4.78, 5) is 24.0. The second kappa shape index (κ2) is 6.06. The molecular weight excluding hydrogens is 287 g/mol. The fourth-order valence-corrected chi connectivity index (χ4v) is 2.33. The Morgan fingerprint density at radius 1 is 1.33 bits per heavy atom. The molecule has 2 rings (SSSR count). The highest BCUT2D eigenvalue weighted by molar-refractivity contribution is 5.05. The zero-order valence-corrected chi connectivity index (χ0v) is 11.3. The zero-order chi connectivity index (χ0) is 15.7. The van der Waals surface area contributed by atoms with E-state index >= 15 is 0 Å². The van der Waals surface area contributed by atoms with Crippen molar-refractivity contribution in [2.45, 2.75) is 38.0 Å². The molecule has 1 fully saturated rings. The molecule has 2 heterocycles. The number of alkyl halides is 1. The second-order valence-electron chi connectivity index (χ2n) is 4.88. The molecule has 0 spiro atoms. The fraction of sp³-hybridized carbons (Fsp3) is 0.667. The Morgan fingerprint density at radius 2 is 2.00 bits per heavy atom. The highest BCUT2D eigenvalue weighted by Crippen LogP contribution is 2.27. The van der Waals surface area contributed by atoms with E-state index in [2.05, 4.69) is 0 Å². The van der Waals surface area contributed by atoms with Crippen LogP contribution in [0.4, 0.5) is 4.39 Å². The summed E-state index contributed by atoms with van der Waals surface area (Å²) in [6, 6.07) is 0. The van der Waals surface area contributed by atoms with Gasteiger partial charge in [-0.2, -0.15) is 0 Å². The van der Waals surface area contributed by atoms with E-state index in [9.17, 15) is 24.2 Å². The van der Waals surface area contributed by atoms with Gasteiger partial charge in [0.25, 0.3) is 5.56 Å². The Labute approximate surface area is 118 Å². The van der Waals surface area contributed by atoms with Gasteiger partial charge in [-0.05, 0) is 6.92 Å². The molecule has 4 atom stereocenters. The van der Waals surface area contributed by atoms with Crippen molar-refractivity contribution < 1.29 is 24.4 Å². The summed E-state index contributed by atoms with van der Waals surface area (Å²) in [7, 11) is 0. The summed E-state index contributed by atoms with van der Waals surface area (Å²) in [5, 5.41) is 28.6. The maximum absolute atomic E-state index is 12.5. The predicted molar refractivity (Wildman–Crippen MR) is 68.7 cm³/mol. The minimum atomic E-state index is -1.45. The number of hydrogen-bond acceptors (Lipinski definition) is 6. The van der Waals surface area contributed by atoms with E-state index in [0.717, 1.165) is 4.57 Å². The molecule has 0 radical (unpaired) electrons. The van der Waals surface area contributed by atoms with Crippen molar-refractivity contribution in [1.29, 1.82) is 0 Å². The summed E-state index contributed by atoms with van der Waals surface area (Å²) >= 11 is 0. The molecule has 0 aromatic carbocycles. The van der Waals surface area contributed by atoms with E-state index in [1.807, 2.05) is 0 Å². The number of halogens is 1. The van der Waals surface area contributed by atoms with Crippen molar-refractivity contribution in [3.05, 3.63) is 32.6 Å². The van der Waals surface area contributed by atoms with E-state index in [4.69, 9.17) is 9.84 Å². The van der Waals surface area contributed by atoms with E-state index in [1.54, 1.807) is 0 Å². The molecule has 1 aromatic heterocycles. The van der Waals surface area contributed by atoms with Gasteiger partial charge in [0.2, 0.25) is 0 Å². The number of ether oxygens (including phenoxy) is 1. The Balaban J connectivity index is 2.50. The van der Waals surface area contributed by atoms with Gasteiger partial charge in [-0.1, -0.05) is 0 Å². The Morgan fingerprint density at radius 3 is 2.52 bits per heavy atom. The maximum atomic E-state index is 12.5. The molecule has 0 unspecified atom stereocenters. The molecule has 1 aliphatic rings. The zero-order valence-electron chi connectivity index (χ0n) is 11.3. The predicted octanol–water partition coefficient (Wildman–Crippen LogP) is -2.10. The molecule has 21 heavy (non-hydrogen) atoms. The SMILES string of the molecule is Cc1cn([C@@H]2O[C@H](CO)[C@@H](O)[C@@H]2O)c(=O)n(CCF)c1=O. The summed E-state index contributed by atoms with van der Waals surface area (Å²) in [5.74, 6) is 0. The van der Waals surface area contributed by atoms with Crippen LogP contribution in [0.2, 0.25) is 0 Å². The molecule has 1 saturated heterocycles. The fourth-order valence-electron chi connectivity index (χ4n) is 2.33. The molecule has 1 aromatic rings. The third-order valence-corrected chi connectivity index (χ3v) is 3.47. The first-order valence-electron chi connectivity index (χ1n) is 6.43. The van der Waals surface area contributed by atoms with Gasteiger partial charge < -0.3 is 20.1 Å². The molecule has 9 heteroatoms. The van der Waals surface area contributed by atoms with Crippen molar-refractivity contribution in [2.24, 2.45) is 0 Å². The lowest BCUT2D eigenvalue weighted by molar-refractivity contribution is -0.0557. The van der Waals surface area contributed by atoms with E-state index in [0.29, 0.717) is 4.57 Å². The number of aliphatic hydroxyl groups excluding tert-OH is 3. The second-order valence-corrected chi connectivity index (χ2v) is 4.88. The molecular formula is C12H17FN2O6. The van der Waals surface area contributed by atoms with Gasteiger partial charge in [-0.3, -0.25) is 13.9 Å². The van der Waals surface area contributed by atoms with Crippen molar-refractivity contribution in [2.75, 3.05) is 13.3 Å². The molecule has 8 nitrogen and oxygen atoms in total. The first kappa shape index (κ1) is 15.8. The Bertz CT molecular complexity index is 627. The molecule has 0 amide bonds. The maximum Gasteiger partial charge on any atom is 0.333 e. The lowest BCUT2D eigenvalue weighted by atomic mass is 10.1. The van der Waals surface area contributed by atoms with Crippen LogP contribution in [0.3, 0.4) is 0 Å². The number of hydrogen-bond donors (Lipinski definition) is 3. The number of nitrogens with zero attached hydrogens (tertiary/aromatic N) is 2. The Kier molecular flexibility index (Phi) is 4.57. The standard InChI is InChI=1S/C12H17FN2O6/c1-6-4-15(12(20)14(3-2-13)10(6)19)11-9(18)8(17)7(5-16)21-11/h4,7-9,11,16-18H,2-3,5H2,1H3/t7-,8-,9+,11-/m1/s1. The quantitative estimate of drug-likeness (QED) is 0.587. The van der Waals surface area contributed by atoms with Crippen LogP contribution in [0.25, 0.3) is 0 Å². The lowest BCUT2D eigenvalue weighted by Gasteiger charge is -2.19. The highest BCUT2D eigenvalue weighted by Gasteiger charge is 2.44. The summed E-state index contributed by atoms with van der Waals surface area (Å²) in [6.45, 7) is -0.399. The van der Waals surface area contributed by atoms with Crippen molar-refractivity contribution in [3.63, 3.8) is 0 Å². The van der Waals surface area contributed by atoms with Crippen LogP contribution >= 0.6 is 0 Å². The molecule has 0 saturated carbocycles. The van der Waals surface area contributed by atoms with Crippen LogP contribution in [-0.2, 0) is 11.3 Å². The van der Waals surface area contributed by atoms with Crippen molar-refractivity contribution in [1.82, 2.24) is 9.13 Å². The third kappa shape index (κ3) is 2.64. The van der Waals surface area contributed by atoms with Gasteiger partial charge in [0.15, 0.2) is 6.23 Å². The van der Waals surface area contributed by atoms with Crippen LogP contribution in [-0.4, -0.2) is 56.0 Å². The molecule has 0 bridgehead atoms. The summed E-state index contributed by atoms with van der Waals surface area (Å²) < 4.78 is 19.3. The van der Waals surface area contributed by atoms with E-state index < -0.39 is 55.6 Å². The van der Waals surface area contributed by atoms with Gasteiger partial charge in [0, 0.05) is 11.8 Å². The number of aliphatic hydroxyl groups is 3. The van der Waals surface area contributed by atoms with Crippen LogP contribution < -0.4 is 11.2 Å². The van der Waals surface area contributed by atoms with Crippen LogP contribution in [0.5, 0.6) is 0 Å². The molecule has 1 aliphatic heterocycles. The smallest absolute Gasteiger partial charge is 0.333 e. The Hall–Kier alpha value is -1.55. The minimum Gasteiger partial charge on any atom is -0.394 e. The minimum absolute atomic E-state index is 0.167. The van der Waals surface area contributed by atoms with Crippen LogP contribution in [0, 0.1) is 6.92 Å². The number of aromatic nitrogens is 2. The van der Waals surface area contributed by atoms with E-state index in [1.165, 1.54) is 13.1 Å². The lowest BCUT2D eigenvalue weighted by Crippen LogP contribution is -2.44. The first-order chi connectivity index (χ1) is 9.92. The van der Waals surface area contributed by atoms with Crippen LogP contribution in [0.1, 0.15) is 11.8 Å². The summed E-state index contributed by atoms with van der Waals surface area (Å²) in [6.07, 6.45) is -3.93. The normalized spacial score (nSPS) is 29.0. The van der Waals surface area contributed by atoms with Crippen LogP contribution in [0.15, 0.2) is 15.8 Å². The molecule has 3 N–H and O–H groups in total. The average Bonchev–Trinajstić information content (AvgIpc) is 2.75. The van der Waals surface area contributed by atoms with Gasteiger partial charge in [-0.15, -0.1) is 0 Å². The topological polar surface area (TPSA) is 114 Å². The third-order valence-electron chi connectivity index (χ3n) is 3.47. The number of rotatable bonds is 4. The molecule has 0 aliphatic carbocycles. The highest BCUT2D eigenvalue weighted by atomic mass is 19.1. The van der Waals surface area contributed by atoms with Crippen molar-refractivity contribution >= 4 is 0 Å². The first-order valence-corrected chi connectivity index (χ1v) is 6.43. The van der Waals surface area contributed by atoms with Gasteiger partial charge in [0.05, 0.1) is 13.2 Å². The van der Waals surface area contributed by atoms with Crippen molar-refractivity contribution in [3.8, 4) is 0 Å². The average molecular weight is 304 g/mol. The van der Waals surface area contributed by atoms with E-state index in [-0.39, 0.29) is 5.56 Å². The summed E-state index contributed by atoms with van der Waals surface area (Å²) in [5.41, 5.74) is -1.31. The van der Waals surface area contributed by atoms with Gasteiger partial charge in [-0.25, -0.2) is 9.18 Å². The monoisotopic (exact) mass is 304 g/mol. The van der Waals surface area contributed by atoms with Gasteiger partial charge in [0.1, 0.15) is 25.0 Å². The number of aryl methyl sites for hydroxylation is 1. The largest absolute Gasteiger partial charge is 0.394 e.